The molecule has 2 unspecified atom stereocenters. The second-order valence-corrected chi connectivity index (χ2v) is 6.17. The highest BCUT2D eigenvalue weighted by molar-refractivity contribution is 5.54. The summed E-state index contributed by atoms with van der Waals surface area (Å²) in [5.41, 5.74) is 4.26. The molecule has 1 aromatic rings. The van der Waals surface area contributed by atoms with Crippen molar-refractivity contribution < 1.29 is 4.74 Å². The van der Waals surface area contributed by atoms with Crippen LogP contribution in [0, 0.1) is 0 Å². The number of rotatable bonds is 5. The van der Waals surface area contributed by atoms with Crippen molar-refractivity contribution in [1.29, 1.82) is 0 Å². The number of anilines is 1. The zero-order valence-corrected chi connectivity index (χ0v) is 12.5. The Morgan fingerprint density at radius 2 is 2.35 bits per heavy atom. The molecule has 0 amide bonds. The van der Waals surface area contributed by atoms with Crippen molar-refractivity contribution in [2.24, 2.45) is 0 Å². The summed E-state index contributed by atoms with van der Waals surface area (Å²) in [6.45, 7) is 5.32. The largest absolute Gasteiger partial charge is 0.385 e. The first-order valence-electron chi connectivity index (χ1n) is 8.02. The van der Waals surface area contributed by atoms with Crippen molar-refractivity contribution in [2.45, 2.75) is 51.2 Å². The van der Waals surface area contributed by atoms with Gasteiger partial charge in [-0.2, -0.15) is 0 Å². The van der Waals surface area contributed by atoms with Gasteiger partial charge < -0.3 is 15.4 Å². The third-order valence-corrected chi connectivity index (χ3v) is 4.37. The molecule has 3 heteroatoms. The minimum atomic E-state index is 0.435. The standard InChI is InChI=1S/C17H26N2O/c1-13(19-12-16-5-3-9-20-16)10-14-6-7-17-15(11-14)4-2-8-18-17/h6-7,11,13,16,18-19H,2-5,8-10,12H2,1H3. The maximum Gasteiger partial charge on any atom is 0.0700 e. The Balaban J connectivity index is 1.51. The van der Waals surface area contributed by atoms with Crippen molar-refractivity contribution in [2.75, 3.05) is 25.0 Å². The molecule has 3 rings (SSSR count). The van der Waals surface area contributed by atoms with Gasteiger partial charge in [0.25, 0.3) is 0 Å². The smallest absolute Gasteiger partial charge is 0.0700 e. The molecule has 1 fully saturated rings. The lowest BCUT2D eigenvalue weighted by molar-refractivity contribution is 0.108. The molecular formula is C17H26N2O. The Morgan fingerprint density at radius 1 is 1.40 bits per heavy atom. The number of benzene rings is 1. The maximum atomic E-state index is 5.66. The molecule has 3 nitrogen and oxygen atoms in total. The zero-order chi connectivity index (χ0) is 13.8. The van der Waals surface area contributed by atoms with Gasteiger partial charge in [0, 0.05) is 31.4 Å². The van der Waals surface area contributed by atoms with Gasteiger partial charge in [-0.05, 0) is 56.2 Å². The molecule has 0 bridgehead atoms. The Bertz CT molecular complexity index is 441. The molecule has 2 atom stereocenters. The quantitative estimate of drug-likeness (QED) is 0.866. The van der Waals surface area contributed by atoms with E-state index in [1.54, 1.807) is 0 Å². The van der Waals surface area contributed by atoms with Crippen LogP contribution in [-0.2, 0) is 17.6 Å². The van der Waals surface area contributed by atoms with E-state index in [0.29, 0.717) is 12.1 Å². The minimum Gasteiger partial charge on any atom is -0.385 e. The van der Waals surface area contributed by atoms with Gasteiger partial charge in [-0.1, -0.05) is 12.1 Å². The van der Waals surface area contributed by atoms with E-state index < -0.39 is 0 Å². The lowest BCUT2D eigenvalue weighted by atomic mass is 9.98. The second kappa shape index (κ2) is 6.59. The van der Waals surface area contributed by atoms with E-state index in [9.17, 15) is 0 Å². The van der Waals surface area contributed by atoms with Gasteiger partial charge in [0.05, 0.1) is 6.10 Å². The average Bonchev–Trinajstić information content (AvgIpc) is 2.98. The predicted octanol–water partition coefficient (Wildman–Crippen LogP) is 2.74. The number of nitrogens with one attached hydrogen (secondary N) is 2. The van der Waals surface area contributed by atoms with E-state index >= 15 is 0 Å². The van der Waals surface area contributed by atoms with Crippen LogP contribution in [0.4, 0.5) is 5.69 Å². The first kappa shape index (κ1) is 13.9. The van der Waals surface area contributed by atoms with E-state index in [-0.39, 0.29) is 0 Å². The summed E-state index contributed by atoms with van der Waals surface area (Å²) < 4.78 is 5.66. The first-order valence-corrected chi connectivity index (χ1v) is 8.02. The van der Waals surface area contributed by atoms with Crippen LogP contribution >= 0.6 is 0 Å². The summed E-state index contributed by atoms with van der Waals surface area (Å²) in [5, 5.41) is 7.09. The minimum absolute atomic E-state index is 0.435. The molecule has 2 aliphatic rings. The van der Waals surface area contributed by atoms with Crippen LogP contribution in [0.25, 0.3) is 0 Å². The van der Waals surface area contributed by atoms with Gasteiger partial charge in [-0.3, -0.25) is 0 Å². The molecule has 0 spiro atoms. The van der Waals surface area contributed by atoms with Crippen molar-refractivity contribution in [3.05, 3.63) is 29.3 Å². The van der Waals surface area contributed by atoms with Gasteiger partial charge in [0.2, 0.25) is 0 Å². The van der Waals surface area contributed by atoms with Gasteiger partial charge in [0.1, 0.15) is 0 Å². The molecular weight excluding hydrogens is 248 g/mol. The fourth-order valence-corrected chi connectivity index (χ4v) is 3.22. The van der Waals surface area contributed by atoms with Gasteiger partial charge in [-0.15, -0.1) is 0 Å². The highest BCUT2D eigenvalue weighted by Crippen LogP contribution is 2.23. The number of aryl methyl sites for hydroxylation is 1. The summed E-state index contributed by atoms with van der Waals surface area (Å²) in [5.74, 6) is 0. The lowest BCUT2D eigenvalue weighted by Crippen LogP contribution is -2.34. The molecule has 1 saturated heterocycles. The SMILES string of the molecule is CC(Cc1ccc2c(c1)CCCN2)NCC1CCCO1. The molecule has 0 saturated carbocycles. The number of hydrogen-bond donors (Lipinski definition) is 2. The fraction of sp³-hybridized carbons (Fsp3) is 0.647. The Kier molecular flexibility index (Phi) is 4.58. The van der Waals surface area contributed by atoms with E-state index in [1.165, 1.54) is 42.5 Å². The molecule has 2 heterocycles. The summed E-state index contributed by atoms with van der Waals surface area (Å²) in [7, 11) is 0. The molecule has 2 N–H and O–H groups in total. The number of hydrogen-bond acceptors (Lipinski definition) is 3. The topological polar surface area (TPSA) is 33.3 Å². The average molecular weight is 274 g/mol. The molecule has 0 radical (unpaired) electrons. The van der Waals surface area contributed by atoms with E-state index in [2.05, 4.69) is 35.8 Å². The summed E-state index contributed by atoms with van der Waals surface area (Å²) in [6.07, 6.45) is 6.44. The Hall–Kier alpha value is -1.06. The van der Waals surface area contributed by atoms with Crippen LogP contribution in [0.5, 0.6) is 0 Å². The van der Waals surface area contributed by atoms with Crippen molar-refractivity contribution >= 4 is 5.69 Å². The van der Waals surface area contributed by atoms with Crippen molar-refractivity contribution in [1.82, 2.24) is 5.32 Å². The fourth-order valence-electron chi connectivity index (χ4n) is 3.22. The highest BCUT2D eigenvalue weighted by atomic mass is 16.5. The van der Waals surface area contributed by atoms with Gasteiger partial charge >= 0.3 is 0 Å². The normalized spacial score (nSPS) is 23.1. The summed E-state index contributed by atoms with van der Waals surface area (Å²) >= 11 is 0. The molecule has 110 valence electrons. The number of ether oxygens (including phenoxy) is 1. The second-order valence-electron chi connectivity index (χ2n) is 6.17. The van der Waals surface area contributed by atoms with Gasteiger partial charge in [0.15, 0.2) is 0 Å². The van der Waals surface area contributed by atoms with Crippen LogP contribution in [0.15, 0.2) is 18.2 Å². The monoisotopic (exact) mass is 274 g/mol. The maximum absolute atomic E-state index is 5.66. The molecule has 0 aromatic heterocycles. The van der Waals surface area contributed by atoms with Crippen LogP contribution in [0.3, 0.4) is 0 Å². The predicted molar refractivity (Wildman–Crippen MR) is 83.4 cm³/mol. The van der Waals surface area contributed by atoms with Crippen LogP contribution in [0.2, 0.25) is 0 Å². The third-order valence-electron chi connectivity index (χ3n) is 4.37. The Morgan fingerprint density at radius 3 is 3.20 bits per heavy atom. The summed E-state index contributed by atoms with van der Waals surface area (Å²) in [6, 6.07) is 7.40. The molecule has 20 heavy (non-hydrogen) atoms. The lowest BCUT2D eigenvalue weighted by Gasteiger charge is -2.20. The van der Waals surface area contributed by atoms with E-state index in [0.717, 1.165) is 26.1 Å². The third kappa shape index (κ3) is 3.53. The summed E-state index contributed by atoms with van der Waals surface area (Å²) in [4.78, 5) is 0. The van der Waals surface area contributed by atoms with Crippen molar-refractivity contribution in [3.63, 3.8) is 0 Å². The first-order chi connectivity index (χ1) is 9.81. The molecule has 1 aromatic carbocycles. The van der Waals surface area contributed by atoms with E-state index in [4.69, 9.17) is 4.74 Å². The number of fused-ring (bicyclic) bond motifs is 1. The van der Waals surface area contributed by atoms with E-state index in [1.807, 2.05) is 0 Å². The molecule has 2 aliphatic heterocycles. The van der Waals surface area contributed by atoms with Crippen LogP contribution in [0.1, 0.15) is 37.3 Å². The van der Waals surface area contributed by atoms with Crippen LogP contribution < -0.4 is 10.6 Å². The van der Waals surface area contributed by atoms with Gasteiger partial charge in [-0.25, -0.2) is 0 Å². The molecule has 0 aliphatic carbocycles. The highest BCUT2D eigenvalue weighted by Gasteiger charge is 2.16. The Labute approximate surface area is 122 Å². The zero-order valence-electron chi connectivity index (χ0n) is 12.5. The van der Waals surface area contributed by atoms with Crippen molar-refractivity contribution in [3.8, 4) is 0 Å². The van der Waals surface area contributed by atoms with Crippen LogP contribution in [-0.4, -0.2) is 31.8 Å².